The van der Waals surface area contributed by atoms with Gasteiger partial charge in [-0.15, -0.1) is 12.4 Å². The molecule has 14 heavy (non-hydrogen) atoms. The lowest BCUT2D eigenvalue weighted by Crippen LogP contribution is -2.03. The molecule has 1 aromatic rings. The first-order chi connectivity index (χ1) is 6.02. The van der Waals surface area contributed by atoms with Crippen molar-refractivity contribution in [3.8, 4) is 0 Å². The third-order valence-electron chi connectivity index (χ3n) is 1.70. The smallest absolute Gasteiger partial charge is 0.335 e. The molecule has 0 amide bonds. The Labute approximate surface area is 86.6 Å². The molecule has 0 aromatic heterocycles. The molecular formula is C9H9ClO4. The average Bonchev–Trinajstić information content (AvgIpc) is 2.03. The fourth-order valence-electron chi connectivity index (χ4n) is 1.04. The van der Waals surface area contributed by atoms with Gasteiger partial charge < -0.3 is 10.2 Å². The molecule has 1 aromatic carbocycles. The van der Waals surface area contributed by atoms with Crippen LogP contribution in [0.25, 0.3) is 0 Å². The molecule has 76 valence electrons. The van der Waals surface area contributed by atoms with Crippen molar-refractivity contribution in [3.05, 3.63) is 34.9 Å². The Balaban J connectivity index is 0.00000169. The van der Waals surface area contributed by atoms with Crippen molar-refractivity contribution in [2.24, 2.45) is 0 Å². The molecule has 0 saturated heterocycles. The normalized spacial score (nSPS) is 8.93. The summed E-state index contributed by atoms with van der Waals surface area (Å²) < 4.78 is 0. The van der Waals surface area contributed by atoms with Crippen LogP contribution < -0.4 is 0 Å². The summed E-state index contributed by atoms with van der Waals surface area (Å²) in [4.78, 5) is 21.0. The zero-order valence-corrected chi connectivity index (χ0v) is 8.17. The van der Waals surface area contributed by atoms with Crippen LogP contribution in [-0.4, -0.2) is 22.2 Å². The lowest BCUT2D eigenvalue weighted by atomic mass is 10.1. The van der Waals surface area contributed by atoms with Crippen LogP contribution in [0.15, 0.2) is 18.2 Å². The quantitative estimate of drug-likeness (QED) is 0.791. The number of rotatable bonds is 2. The molecule has 0 saturated carbocycles. The highest BCUT2D eigenvalue weighted by molar-refractivity contribution is 5.93. The fraction of sp³-hybridized carbons (Fsp3) is 0.111. The lowest BCUT2D eigenvalue weighted by Gasteiger charge is -2.01. The topological polar surface area (TPSA) is 74.6 Å². The molecule has 0 heterocycles. The first kappa shape index (κ1) is 12.5. The van der Waals surface area contributed by atoms with Gasteiger partial charge in [0.1, 0.15) is 0 Å². The van der Waals surface area contributed by atoms with Crippen LogP contribution >= 0.6 is 12.4 Å². The van der Waals surface area contributed by atoms with Gasteiger partial charge in [-0.3, -0.25) is 0 Å². The van der Waals surface area contributed by atoms with Gasteiger partial charge in [-0.25, -0.2) is 9.59 Å². The van der Waals surface area contributed by atoms with Crippen LogP contribution in [-0.2, 0) is 0 Å². The number of aryl methyl sites for hydroxylation is 1. The second kappa shape index (κ2) is 4.62. The van der Waals surface area contributed by atoms with Crippen LogP contribution in [0.5, 0.6) is 0 Å². The first-order valence-corrected chi connectivity index (χ1v) is 3.59. The lowest BCUT2D eigenvalue weighted by molar-refractivity contribution is 0.0680. The molecule has 4 nitrogen and oxygen atoms in total. The number of hydrogen-bond acceptors (Lipinski definition) is 2. The number of aromatic carboxylic acids is 2. The summed E-state index contributed by atoms with van der Waals surface area (Å²) in [6.07, 6.45) is 0. The van der Waals surface area contributed by atoms with Crippen LogP contribution in [0.2, 0.25) is 0 Å². The van der Waals surface area contributed by atoms with Gasteiger partial charge in [-0.05, 0) is 30.7 Å². The zero-order chi connectivity index (χ0) is 10.0. The Bertz CT molecular complexity index is 373. The maximum Gasteiger partial charge on any atom is 0.335 e. The van der Waals surface area contributed by atoms with Crippen LogP contribution in [0.1, 0.15) is 26.3 Å². The van der Waals surface area contributed by atoms with E-state index < -0.39 is 11.9 Å². The summed E-state index contributed by atoms with van der Waals surface area (Å²) in [6, 6.07) is 3.91. The second-order valence-electron chi connectivity index (χ2n) is 2.64. The van der Waals surface area contributed by atoms with Crippen LogP contribution in [0.4, 0.5) is 0 Å². The van der Waals surface area contributed by atoms with Crippen LogP contribution in [0.3, 0.4) is 0 Å². The van der Waals surface area contributed by atoms with Crippen LogP contribution in [0, 0.1) is 6.92 Å². The van der Waals surface area contributed by atoms with E-state index in [0.29, 0.717) is 5.56 Å². The van der Waals surface area contributed by atoms with Crippen molar-refractivity contribution >= 4 is 24.3 Å². The minimum atomic E-state index is -1.06. The minimum Gasteiger partial charge on any atom is -0.478 e. The molecule has 0 bridgehead atoms. The van der Waals surface area contributed by atoms with E-state index in [-0.39, 0.29) is 23.5 Å². The Morgan fingerprint density at radius 1 is 1.14 bits per heavy atom. The molecule has 0 aliphatic heterocycles. The van der Waals surface area contributed by atoms with Gasteiger partial charge in [0.2, 0.25) is 0 Å². The van der Waals surface area contributed by atoms with E-state index in [1.165, 1.54) is 18.2 Å². The second-order valence-corrected chi connectivity index (χ2v) is 2.64. The average molecular weight is 217 g/mol. The SMILES string of the molecule is Cc1cc(C(=O)O)ccc1C(=O)O.Cl. The molecule has 1 rings (SSSR count). The molecule has 0 aliphatic carbocycles. The molecule has 2 N–H and O–H groups in total. The van der Waals surface area contributed by atoms with Gasteiger partial charge in [0.25, 0.3) is 0 Å². The van der Waals surface area contributed by atoms with E-state index in [1.807, 2.05) is 0 Å². The zero-order valence-electron chi connectivity index (χ0n) is 7.35. The van der Waals surface area contributed by atoms with Gasteiger partial charge in [-0.2, -0.15) is 0 Å². The maximum absolute atomic E-state index is 10.6. The highest BCUT2D eigenvalue weighted by Crippen LogP contribution is 2.10. The molecule has 5 heteroatoms. The molecular weight excluding hydrogens is 208 g/mol. The van der Waals surface area contributed by atoms with Crippen molar-refractivity contribution in [1.82, 2.24) is 0 Å². The number of hydrogen-bond donors (Lipinski definition) is 2. The van der Waals surface area contributed by atoms with Crippen molar-refractivity contribution in [2.45, 2.75) is 6.92 Å². The molecule has 0 aliphatic rings. The summed E-state index contributed by atoms with van der Waals surface area (Å²) in [5, 5.41) is 17.2. The molecule has 0 unspecified atom stereocenters. The van der Waals surface area contributed by atoms with Gasteiger partial charge in [0.05, 0.1) is 11.1 Å². The molecule has 0 radical (unpaired) electrons. The molecule has 0 spiro atoms. The summed E-state index contributed by atoms with van der Waals surface area (Å²) in [5.74, 6) is -2.10. The van der Waals surface area contributed by atoms with Gasteiger partial charge in [0.15, 0.2) is 0 Å². The number of halogens is 1. The number of carboxylic acid groups (broad SMARTS) is 2. The van der Waals surface area contributed by atoms with Crippen molar-refractivity contribution in [2.75, 3.05) is 0 Å². The standard InChI is InChI=1S/C9H8O4.ClH/c1-5-4-6(8(10)11)2-3-7(5)9(12)13;/h2-4H,1H3,(H,10,11)(H,12,13);1H. The number of carbonyl (C=O) groups is 2. The summed E-state index contributed by atoms with van der Waals surface area (Å²) in [7, 11) is 0. The Hall–Kier alpha value is -1.55. The summed E-state index contributed by atoms with van der Waals surface area (Å²) in [5.41, 5.74) is 0.680. The maximum atomic E-state index is 10.6. The molecule has 0 fully saturated rings. The third-order valence-corrected chi connectivity index (χ3v) is 1.70. The summed E-state index contributed by atoms with van der Waals surface area (Å²) >= 11 is 0. The van der Waals surface area contributed by atoms with E-state index in [1.54, 1.807) is 6.92 Å². The van der Waals surface area contributed by atoms with E-state index >= 15 is 0 Å². The monoisotopic (exact) mass is 216 g/mol. The van der Waals surface area contributed by atoms with Gasteiger partial charge >= 0.3 is 11.9 Å². The van der Waals surface area contributed by atoms with Crippen molar-refractivity contribution in [3.63, 3.8) is 0 Å². The van der Waals surface area contributed by atoms with E-state index in [2.05, 4.69) is 0 Å². The van der Waals surface area contributed by atoms with Crippen molar-refractivity contribution < 1.29 is 19.8 Å². The van der Waals surface area contributed by atoms with E-state index in [0.717, 1.165) is 0 Å². The van der Waals surface area contributed by atoms with E-state index in [9.17, 15) is 9.59 Å². The Morgan fingerprint density at radius 3 is 2.07 bits per heavy atom. The third kappa shape index (κ3) is 2.47. The number of carboxylic acids is 2. The van der Waals surface area contributed by atoms with Gasteiger partial charge in [-0.1, -0.05) is 0 Å². The summed E-state index contributed by atoms with van der Waals surface area (Å²) in [6.45, 7) is 1.57. The first-order valence-electron chi connectivity index (χ1n) is 3.59. The Kier molecular flexibility index (Phi) is 4.11. The van der Waals surface area contributed by atoms with E-state index in [4.69, 9.17) is 10.2 Å². The minimum absolute atomic E-state index is 0. The largest absolute Gasteiger partial charge is 0.478 e. The predicted molar refractivity (Wildman–Crippen MR) is 52.3 cm³/mol. The fourth-order valence-corrected chi connectivity index (χ4v) is 1.04. The van der Waals surface area contributed by atoms with Gasteiger partial charge in [0, 0.05) is 0 Å². The Morgan fingerprint density at radius 2 is 1.71 bits per heavy atom. The molecule has 0 atom stereocenters. The predicted octanol–water partition coefficient (Wildman–Crippen LogP) is 1.81. The highest BCUT2D eigenvalue weighted by atomic mass is 35.5. The number of benzene rings is 1. The highest BCUT2D eigenvalue weighted by Gasteiger charge is 2.09. The van der Waals surface area contributed by atoms with Crippen molar-refractivity contribution in [1.29, 1.82) is 0 Å².